The number of imidazole rings is 1. The summed E-state index contributed by atoms with van der Waals surface area (Å²) < 4.78 is 3.03. The van der Waals surface area contributed by atoms with Crippen molar-refractivity contribution in [2.24, 2.45) is 0 Å². The third-order valence-electron chi connectivity index (χ3n) is 2.90. The smallest absolute Gasteiger partial charge is 0.163 e. The van der Waals surface area contributed by atoms with Crippen LogP contribution in [-0.2, 0) is 0 Å². The molecule has 0 unspecified atom stereocenters. The van der Waals surface area contributed by atoms with Crippen molar-refractivity contribution in [1.29, 1.82) is 0 Å². The zero-order valence-corrected chi connectivity index (χ0v) is 12.0. The molecular weight excluding hydrogens is 302 g/mol. The van der Waals surface area contributed by atoms with Crippen molar-refractivity contribution in [1.82, 2.24) is 14.5 Å². The van der Waals surface area contributed by atoms with Crippen LogP contribution in [0.1, 0.15) is 5.56 Å². The molecule has 0 atom stereocenters. The van der Waals surface area contributed by atoms with Gasteiger partial charge in [-0.2, -0.15) is 0 Å². The monoisotopic (exact) mass is 313 g/mol. The molecule has 0 aliphatic rings. The first-order valence-electron chi connectivity index (χ1n) is 5.96. The molecule has 19 heavy (non-hydrogen) atoms. The van der Waals surface area contributed by atoms with E-state index in [0.29, 0.717) is 0 Å². The van der Waals surface area contributed by atoms with E-state index in [1.54, 1.807) is 12.4 Å². The molecule has 0 saturated heterocycles. The summed E-state index contributed by atoms with van der Waals surface area (Å²) in [5.74, 6) is 0.838. The molecule has 2 aromatic heterocycles. The van der Waals surface area contributed by atoms with Crippen molar-refractivity contribution in [3.05, 3.63) is 65.0 Å². The molecule has 1 aromatic carbocycles. The first kappa shape index (κ1) is 12.1. The first-order valence-corrected chi connectivity index (χ1v) is 6.76. The molecule has 0 N–H and O–H groups in total. The Balaban J connectivity index is 2.10. The molecule has 0 amide bonds. The van der Waals surface area contributed by atoms with E-state index in [0.717, 1.165) is 21.7 Å². The van der Waals surface area contributed by atoms with Gasteiger partial charge in [0.25, 0.3) is 0 Å². The van der Waals surface area contributed by atoms with Crippen molar-refractivity contribution in [2.45, 2.75) is 6.92 Å². The van der Waals surface area contributed by atoms with Gasteiger partial charge >= 0.3 is 0 Å². The minimum absolute atomic E-state index is 0.838. The third kappa shape index (κ3) is 2.44. The van der Waals surface area contributed by atoms with Crippen LogP contribution in [0.5, 0.6) is 0 Å². The maximum atomic E-state index is 4.41. The molecule has 3 nitrogen and oxygen atoms in total. The molecule has 2 heterocycles. The highest BCUT2D eigenvalue weighted by Gasteiger charge is 2.09. The number of hydrogen-bond acceptors (Lipinski definition) is 2. The summed E-state index contributed by atoms with van der Waals surface area (Å²) in [4.78, 5) is 8.78. The molecule has 0 aliphatic carbocycles. The molecule has 4 heteroatoms. The predicted molar refractivity (Wildman–Crippen MR) is 79.2 cm³/mol. The zero-order chi connectivity index (χ0) is 13.2. The van der Waals surface area contributed by atoms with Gasteiger partial charge in [0.15, 0.2) is 5.82 Å². The Morgan fingerprint density at radius 3 is 2.53 bits per heavy atom. The molecule has 0 bridgehead atoms. The van der Waals surface area contributed by atoms with E-state index in [2.05, 4.69) is 57.1 Å². The quantitative estimate of drug-likeness (QED) is 0.715. The largest absolute Gasteiger partial charge is 0.299 e. The van der Waals surface area contributed by atoms with Crippen LogP contribution in [0.4, 0.5) is 0 Å². The average molecular weight is 314 g/mol. The van der Waals surface area contributed by atoms with Gasteiger partial charge in [-0.25, -0.2) is 4.98 Å². The molecule has 0 saturated carbocycles. The second-order valence-corrected chi connectivity index (χ2v) is 5.23. The first-order chi connectivity index (χ1) is 9.24. The van der Waals surface area contributed by atoms with Crippen molar-refractivity contribution in [3.63, 3.8) is 0 Å². The minimum atomic E-state index is 0.838. The Bertz CT molecular complexity index is 701. The number of pyridine rings is 1. The van der Waals surface area contributed by atoms with Gasteiger partial charge in [0.2, 0.25) is 0 Å². The fraction of sp³-hybridized carbons (Fsp3) is 0.0667. The lowest BCUT2D eigenvalue weighted by Gasteiger charge is -2.08. The lowest BCUT2D eigenvalue weighted by molar-refractivity contribution is 1.05. The van der Waals surface area contributed by atoms with Crippen LogP contribution in [0.15, 0.2) is 59.5 Å². The molecular formula is C15H12BrN3. The Hall–Kier alpha value is -1.94. The van der Waals surface area contributed by atoms with Gasteiger partial charge in [0, 0.05) is 28.8 Å². The van der Waals surface area contributed by atoms with Gasteiger partial charge in [-0.3, -0.25) is 9.55 Å². The summed E-state index contributed by atoms with van der Waals surface area (Å²) in [6, 6.07) is 12.2. The molecule has 3 aromatic rings. The lowest BCUT2D eigenvalue weighted by atomic mass is 10.2. The number of aryl methyl sites for hydroxylation is 1. The van der Waals surface area contributed by atoms with Crippen LogP contribution in [0.3, 0.4) is 0 Å². The van der Waals surface area contributed by atoms with Crippen LogP contribution < -0.4 is 0 Å². The summed E-state index contributed by atoms with van der Waals surface area (Å²) in [5, 5.41) is 0. The van der Waals surface area contributed by atoms with Crippen molar-refractivity contribution >= 4 is 15.9 Å². The second kappa shape index (κ2) is 4.97. The fourth-order valence-electron chi connectivity index (χ4n) is 1.93. The molecule has 0 aliphatic heterocycles. The van der Waals surface area contributed by atoms with E-state index in [4.69, 9.17) is 0 Å². The number of halogens is 1. The number of benzene rings is 1. The molecule has 0 fully saturated rings. The molecule has 94 valence electrons. The van der Waals surface area contributed by atoms with Crippen molar-refractivity contribution in [3.8, 4) is 17.2 Å². The van der Waals surface area contributed by atoms with E-state index in [1.165, 1.54) is 5.56 Å². The van der Waals surface area contributed by atoms with Crippen LogP contribution in [0.2, 0.25) is 0 Å². The maximum Gasteiger partial charge on any atom is 0.163 e. The highest BCUT2D eigenvalue weighted by Crippen LogP contribution is 2.22. The van der Waals surface area contributed by atoms with E-state index < -0.39 is 0 Å². The summed E-state index contributed by atoms with van der Waals surface area (Å²) in [6.07, 6.45) is 5.51. The normalized spacial score (nSPS) is 10.6. The van der Waals surface area contributed by atoms with Crippen LogP contribution in [0.25, 0.3) is 17.2 Å². The molecule has 0 spiro atoms. The van der Waals surface area contributed by atoms with Crippen LogP contribution in [-0.4, -0.2) is 14.5 Å². The van der Waals surface area contributed by atoms with Gasteiger partial charge in [-0.15, -0.1) is 0 Å². The van der Waals surface area contributed by atoms with Gasteiger partial charge < -0.3 is 0 Å². The molecule has 3 rings (SSSR count). The second-order valence-electron chi connectivity index (χ2n) is 4.32. The topological polar surface area (TPSA) is 30.7 Å². The number of hydrogen-bond donors (Lipinski definition) is 0. The Labute approximate surface area is 120 Å². The van der Waals surface area contributed by atoms with E-state index >= 15 is 0 Å². The van der Waals surface area contributed by atoms with E-state index in [-0.39, 0.29) is 0 Å². The Morgan fingerprint density at radius 1 is 1.00 bits per heavy atom. The summed E-state index contributed by atoms with van der Waals surface area (Å²) in [5.41, 5.74) is 3.17. The van der Waals surface area contributed by atoms with Crippen LogP contribution >= 0.6 is 15.9 Å². The van der Waals surface area contributed by atoms with Gasteiger partial charge in [0.05, 0.1) is 0 Å². The Kier molecular flexibility index (Phi) is 3.17. The van der Waals surface area contributed by atoms with Crippen molar-refractivity contribution in [2.75, 3.05) is 0 Å². The Morgan fingerprint density at radius 2 is 1.79 bits per heavy atom. The third-order valence-corrected chi connectivity index (χ3v) is 3.40. The van der Waals surface area contributed by atoms with Gasteiger partial charge in [-0.05, 0) is 31.2 Å². The highest BCUT2D eigenvalue weighted by atomic mass is 79.9. The van der Waals surface area contributed by atoms with E-state index in [1.807, 2.05) is 22.9 Å². The summed E-state index contributed by atoms with van der Waals surface area (Å²) in [7, 11) is 0. The van der Waals surface area contributed by atoms with Gasteiger partial charge in [-0.1, -0.05) is 33.6 Å². The number of aromatic nitrogens is 3. The fourth-order valence-corrected chi connectivity index (χ4v) is 2.27. The SMILES string of the molecule is Cc1ccc(-n2ccnc2-c2cc(Br)ccn2)cc1. The van der Waals surface area contributed by atoms with Gasteiger partial charge in [0.1, 0.15) is 5.69 Å². The average Bonchev–Trinajstić information content (AvgIpc) is 2.89. The predicted octanol–water partition coefficient (Wildman–Crippen LogP) is 4.01. The molecule has 0 radical (unpaired) electrons. The minimum Gasteiger partial charge on any atom is -0.299 e. The standard InChI is InChI=1S/C15H12BrN3/c1-11-2-4-13(5-3-11)19-9-8-18-15(19)14-10-12(16)6-7-17-14/h2-10H,1H3. The summed E-state index contributed by atoms with van der Waals surface area (Å²) >= 11 is 3.46. The number of rotatable bonds is 2. The highest BCUT2D eigenvalue weighted by molar-refractivity contribution is 9.10. The van der Waals surface area contributed by atoms with Crippen LogP contribution in [0, 0.1) is 6.92 Å². The maximum absolute atomic E-state index is 4.41. The lowest BCUT2D eigenvalue weighted by Crippen LogP contribution is -1.97. The summed E-state index contributed by atoms with van der Waals surface area (Å²) in [6.45, 7) is 2.08. The zero-order valence-electron chi connectivity index (χ0n) is 10.4. The number of nitrogens with zero attached hydrogens (tertiary/aromatic N) is 3. The van der Waals surface area contributed by atoms with E-state index in [9.17, 15) is 0 Å². The van der Waals surface area contributed by atoms with Crippen molar-refractivity contribution < 1.29 is 0 Å².